The van der Waals surface area contributed by atoms with Crippen molar-refractivity contribution in [3.05, 3.63) is 28.3 Å². The van der Waals surface area contributed by atoms with Crippen molar-refractivity contribution in [2.45, 2.75) is 31.9 Å². The Morgan fingerprint density at radius 1 is 1.17 bits per heavy atom. The molecule has 3 rings (SSSR count). The van der Waals surface area contributed by atoms with Crippen molar-refractivity contribution in [3.63, 3.8) is 0 Å². The molecule has 6 heteroatoms. The number of methoxy groups -OCH3 is 1. The third-order valence-electron chi connectivity index (χ3n) is 4.74. The fourth-order valence-electron chi connectivity index (χ4n) is 3.75. The molecular formula is C17H23F3N2O. The van der Waals surface area contributed by atoms with Gasteiger partial charge in [-0.2, -0.15) is 13.2 Å². The van der Waals surface area contributed by atoms with Gasteiger partial charge in [-0.15, -0.1) is 0 Å². The van der Waals surface area contributed by atoms with Crippen molar-refractivity contribution in [3.8, 4) is 0 Å². The van der Waals surface area contributed by atoms with Gasteiger partial charge in [-0.25, -0.2) is 0 Å². The minimum atomic E-state index is -4.32. The van der Waals surface area contributed by atoms with Gasteiger partial charge in [-0.1, -0.05) is 6.07 Å². The Morgan fingerprint density at radius 2 is 1.96 bits per heavy atom. The maximum absolute atomic E-state index is 13.9. The van der Waals surface area contributed by atoms with Crippen LogP contribution in [0, 0.1) is 0 Å². The second kappa shape index (κ2) is 6.69. The van der Waals surface area contributed by atoms with E-state index < -0.39 is 11.7 Å². The first-order valence-electron chi connectivity index (χ1n) is 8.22. The Bertz CT molecular complexity index is 572. The van der Waals surface area contributed by atoms with E-state index in [2.05, 4.69) is 5.32 Å². The fourth-order valence-corrected chi connectivity index (χ4v) is 3.75. The molecule has 0 bridgehead atoms. The topological polar surface area (TPSA) is 24.5 Å². The first-order valence-corrected chi connectivity index (χ1v) is 8.22. The van der Waals surface area contributed by atoms with E-state index in [0.717, 1.165) is 30.5 Å². The van der Waals surface area contributed by atoms with Gasteiger partial charge in [-0.05, 0) is 55.5 Å². The molecule has 1 N–H and O–H groups in total. The number of aryl methyl sites for hydroxylation is 1. The second-order valence-corrected chi connectivity index (χ2v) is 6.23. The number of rotatable bonds is 3. The Balaban J connectivity index is 2.15. The van der Waals surface area contributed by atoms with Crippen LogP contribution in [0.3, 0.4) is 0 Å². The quantitative estimate of drug-likeness (QED) is 0.923. The van der Waals surface area contributed by atoms with E-state index in [1.165, 1.54) is 0 Å². The average Bonchev–Trinajstić information content (AvgIpc) is 2.74. The largest absolute Gasteiger partial charge is 0.418 e. The SMILES string of the molecule is COCCN1CCCc2cc3c(c(C(F)(F)F)c21)CCNCC3. The molecule has 0 saturated heterocycles. The van der Waals surface area contributed by atoms with Crippen LogP contribution in [0.15, 0.2) is 6.07 Å². The molecule has 0 saturated carbocycles. The van der Waals surface area contributed by atoms with Crippen LogP contribution in [0.4, 0.5) is 18.9 Å². The smallest absolute Gasteiger partial charge is 0.383 e. The van der Waals surface area contributed by atoms with E-state index in [0.29, 0.717) is 50.3 Å². The molecule has 0 amide bonds. The Hall–Kier alpha value is -1.27. The van der Waals surface area contributed by atoms with E-state index in [1.54, 1.807) is 7.11 Å². The summed E-state index contributed by atoms with van der Waals surface area (Å²) in [4.78, 5) is 1.86. The predicted molar refractivity (Wildman–Crippen MR) is 84.1 cm³/mol. The van der Waals surface area contributed by atoms with Gasteiger partial charge < -0.3 is 15.0 Å². The Labute approximate surface area is 134 Å². The number of alkyl halides is 3. The highest BCUT2D eigenvalue weighted by atomic mass is 19.4. The highest BCUT2D eigenvalue weighted by molar-refractivity contribution is 5.67. The molecule has 0 radical (unpaired) electrons. The van der Waals surface area contributed by atoms with Crippen molar-refractivity contribution in [1.82, 2.24) is 5.32 Å². The van der Waals surface area contributed by atoms with Gasteiger partial charge in [0.15, 0.2) is 0 Å². The van der Waals surface area contributed by atoms with Crippen LogP contribution in [0.2, 0.25) is 0 Å². The number of nitrogens with one attached hydrogen (secondary N) is 1. The normalized spacial score (nSPS) is 18.3. The molecule has 0 aliphatic carbocycles. The summed E-state index contributed by atoms with van der Waals surface area (Å²) in [7, 11) is 1.58. The summed E-state index contributed by atoms with van der Waals surface area (Å²) >= 11 is 0. The van der Waals surface area contributed by atoms with Crippen LogP contribution in [0.25, 0.3) is 0 Å². The molecule has 0 unspecified atom stereocenters. The summed E-state index contributed by atoms with van der Waals surface area (Å²) in [5.41, 5.74) is 2.21. The number of anilines is 1. The van der Waals surface area contributed by atoms with Gasteiger partial charge in [0.1, 0.15) is 0 Å². The van der Waals surface area contributed by atoms with Crippen LogP contribution in [0.1, 0.15) is 28.7 Å². The van der Waals surface area contributed by atoms with Crippen molar-refractivity contribution >= 4 is 5.69 Å². The molecule has 0 aromatic heterocycles. The zero-order chi connectivity index (χ0) is 16.4. The minimum Gasteiger partial charge on any atom is -0.383 e. The van der Waals surface area contributed by atoms with Crippen LogP contribution >= 0.6 is 0 Å². The fraction of sp³-hybridized carbons (Fsp3) is 0.647. The van der Waals surface area contributed by atoms with Crippen molar-refractivity contribution < 1.29 is 17.9 Å². The summed E-state index contributed by atoms with van der Waals surface area (Å²) in [5, 5.41) is 3.21. The number of nitrogens with zero attached hydrogens (tertiary/aromatic N) is 1. The highest BCUT2D eigenvalue weighted by Gasteiger charge is 2.40. The molecule has 128 valence electrons. The third-order valence-corrected chi connectivity index (χ3v) is 4.74. The van der Waals surface area contributed by atoms with Crippen molar-refractivity contribution in [2.75, 3.05) is 44.8 Å². The lowest BCUT2D eigenvalue weighted by Gasteiger charge is -2.35. The van der Waals surface area contributed by atoms with Crippen LogP contribution in [0.5, 0.6) is 0 Å². The molecule has 0 fully saturated rings. The number of hydrogen-bond acceptors (Lipinski definition) is 3. The maximum atomic E-state index is 13.9. The molecule has 0 atom stereocenters. The monoisotopic (exact) mass is 328 g/mol. The molecule has 2 heterocycles. The summed E-state index contributed by atoms with van der Waals surface area (Å²) in [6.07, 6.45) is -1.59. The van der Waals surface area contributed by atoms with Gasteiger partial charge in [0.25, 0.3) is 0 Å². The lowest BCUT2D eigenvalue weighted by molar-refractivity contribution is -0.137. The van der Waals surface area contributed by atoms with Crippen LogP contribution in [-0.2, 0) is 30.2 Å². The molecule has 2 aliphatic rings. The zero-order valence-corrected chi connectivity index (χ0v) is 13.4. The predicted octanol–water partition coefficient (Wildman–Crippen LogP) is 2.79. The molecule has 3 nitrogen and oxygen atoms in total. The van der Waals surface area contributed by atoms with E-state index >= 15 is 0 Å². The molecule has 2 aliphatic heterocycles. The molecule has 1 aromatic rings. The van der Waals surface area contributed by atoms with Crippen molar-refractivity contribution in [1.29, 1.82) is 0 Å². The van der Waals surface area contributed by atoms with Crippen LogP contribution < -0.4 is 10.2 Å². The Morgan fingerprint density at radius 3 is 2.70 bits per heavy atom. The lowest BCUT2D eigenvalue weighted by Crippen LogP contribution is -2.35. The first-order chi connectivity index (χ1) is 11.0. The van der Waals surface area contributed by atoms with Crippen LogP contribution in [-0.4, -0.2) is 39.9 Å². The molecule has 0 spiro atoms. The lowest BCUT2D eigenvalue weighted by atomic mass is 9.88. The standard InChI is InChI=1S/C17H23F3N2O/c1-23-10-9-22-8-2-3-13-11-12-4-6-21-7-5-14(12)15(16(13)22)17(18,19)20/h11,21H,2-10H2,1H3. The number of halogens is 3. The molecular weight excluding hydrogens is 305 g/mol. The Kier molecular flexibility index (Phi) is 4.82. The van der Waals surface area contributed by atoms with Gasteiger partial charge in [0, 0.05) is 20.2 Å². The van der Waals surface area contributed by atoms with Gasteiger partial charge in [0.05, 0.1) is 17.9 Å². The molecule has 1 aromatic carbocycles. The number of ether oxygens (including phenoxy) is 1. The number of benzene rings is 1. The summed E-state index contributed by atoms with van der Waals surface area (Å²) < 4.78 is 46.8. The number of hydrogen-bond donors (Lipinski definition) is 1. The van der Waals surface area contributed by atoms with Gasteiger partial charge >= 0.3 is 6.18 Å². The highest BCUT2D eigenvalue weighted by Crippen LogP contribution is 2.44. The van der Waals surface area contributed by atoms with Gasteiger partial charge in [-0.3, -0.25) is 0 Å². The number of fused-ring (bicyclic) bond motifs is 2. The van der Waals surface area contributed by atoms with E-state index in [4.69, 9.17) is 4.74 Å². The van der Waals surface area contributed by atoms with E-state index in [9.17, 15) is 13.2 Å². The summed E-state index contributed by atoms with van der Waals surface area (Å²) in [5.74, 6) is 0. The van der Waals surface area contributed by atoms with E-state index in [-0.39, 0.29) is 0 Å². The van der Waals surface area contributed by atoms with Crippen molar-refractivity contribution in [2.24, 2.45) is 0 Å². The minimum absolute atomic E-state index is 0.399. The maximum Gasteiger partial charge on any atom is 0.418 e. The van der Waals surface area contributed by atoms with E-state index in [1.807, 2.05) is 11.0 Å². The summed E-state index contributed by atoms with van der Waals surface area (Å²) in [6.45, 7) is 2.96. The second-order valence-electron chi connectivity index (χ2n) is 6.23. The molecule has 23 heavy (non-hydrogen) atoms. The third kappa shape index (κ3) is 3.33. The van der Waals surface area contributed by atoms with Gasteiger partial charge in [0.2, 0.25) is 0 Å². The average molecular weight is 328 g/mol. The first kappa shape index (κ1) is 16.6. The summed E-state index contributed by atoms with van der Waals surface area (Å²) in [6, 6.07) is 2.02. The zero-order valence-electron chi connectivity index (χ0n) is 13.4.